The highest BCUT2D eigenvalue weighted by molar-refractivity contribution is 6.05. The van der Waals surface area contributed by atoms with Gasteiger partial charge < -0.3 is 0 Å². The van der Waals surface area contributed by atoms with Crippen molar-refractivity contribution in [2.45, 2.75) is 13.3 Å². The van der Waals surface area contributed by atoms with Crippen molar-refractivity contribution in [1.29, 1.82) is 0 Å². The van der Waals surface area contributed by atoms with Crippen LogP contribution in [-0.2, 0) is 6.42 Å². The van der Waals surface area contributed by atoms with Crippen molar-refractivity contribution in [2.24, 2.45) is 5.92 Å². The van der Waals surface area contributed by atoms with Crippen molar-refractivity contribution >= 4 is 17.9 Å². The molecule has 2 aromatic rings. The molecule has 94 valence electrons. The molecule has 1 atom stereocenters. The van der Waals surface area contributed by atoms with Crippen molar-refractivity contribution in [1.82, 2.24) is 0 Å². The second-order valence-electron chi connectivity index (χ2n) is 5.09. The standard InChI is InChI=1S/C18H16O/c1-13-12-16-9-5-8-15(17(16)18(13)19)11-10-14-6-3-2-4-7-14/h2-11,13H,12H2,1H3. The lowest BCUT2D eigenvalue weighted by atomic mass is 10.0. The lowest BCUT2D eigenvalue weighted by Crippen LogP contribution is -2.04. The number of fused-ring (bicyclic) bond motifs is 1. The summed E-state index contributed by atoms with van der Waals surface area (Å²) in [7, 11) is 0. The number of carbonyl (C=O) groups is 1. The van der Waals surface area contributed by atoms with Gasteiger partial charge in [0, 0.05) is 11.5 Å². The molecule has 1 aliphatic carbocycles. The van der Waals surface area contributed by atoms with Gasteiger partial charge in [0.15, 0.2) is 5.78 Å². The average molecular weight is 248 g/mol. The molecule has 1 unspecified atom stereocenters. The number of benzene rings is 2. The Balaban J connectivity index is 1.98. The topological polar surface area (TPSA) is 17.1 Å². The summed E-state index contributed by atoms with van der Waals surface area (Å²) in [5.41, 5.74) is 4.30. The summed E-state index contributed by atoms with van der Waals surface area (Å²) in [6.07, 6.45) is 4.98. The Hall–Kier alpha value is -2.15. The Morgan fingerprint density at radius 1 is 1.00 bits per heavy atom. The van der Waals surface area contributed by atoms with Gasteiger partial charge in [0.1, 0.15) is 0 Å². The van der Waals surface area contributed by atoms with E-state index in [1.807, 2.05) is 43.3 Å². The van der Waals surface area contributed by atoms with Crippen molar-refractivity contribution in [3.63, 3.8) is 0 Å². The van der Waals surface area contributed by atoms with Crippen LogP contribution >= 0.6 is 0 Å². The molecule has 19 heavy (non-hydrogen) atoms. The van der Waals surface area contributed by atoms with Crippen LogP contribution in [0.25, 0.3) is 12.2 Å². The normalized spacial score (nSPS) is 17.9. The molecule has 0 spiro atoms. The zero-order valence-corrected chi connectivity index (χ0v) is 11.0. The second kappa shape index (κ2) is 4.85. The van der Waals surface area contributed by atoms with E-state index < -0.39 is 0 Å². The minimum absolute atomic E-state index is 0.126. The van der Waals surface area contributed by atoms with Crippen molar-refractivity contribution < 1.29 is 4.79 Å². The Kier molecular flexibility index (Phi) is 3.04. The van der Waals surface area contributed by atoms with E-state index in [4.69, 9.17) is 0 Å². The maximum absolute atomic E-state index is 12.2. The summed E-state index contributed by atoms with van der Waals surface area (Å²) in [4.78, 5) is 12.2. The fourth-order valence-corrected chi connectivity index (χ4v) is 2.65. The number of Topliss-reactive ketones (excluding diaryl/α,β-unsaturated/α-hetero) is 1. The zero-order chi connectivity index (χ0) is 13.2. The maximum atomic E-state index is 12.2. The van der Waals surface area contributed by atoms with Crippen LogP contribution in [0.4, 0.5) is 0 Å². The first kappa shape index (κ1) is 11.9. The Labute approximate surface area is 113 Å². The number of ketones is 1. The lowest BCUT2D eigenvalue weighted by molar-refractivity contribution is 0.0946. The first-order valence-electron chi connectivity index (χ1n) is 6.65. The summed E-state index contributed by atoms with van der Waals surface area (Å²) in [6, 6.07) is 16.3. The first-order valence-corrected chi connectivity index (χ1v) is 6.65. The molecule has 2 aromatic carbocycles. The first-order chi connectivity index (χ1) is 9.25. The van der Waals surface area contributed by atoms with Gasteiger partial charge in [-0.2, -0.15) is 0 Å². The number of rotatable bonds is 2. The third-order valence-corrected chi connectivity index (χ3v) is 3.66. The van der Waals surface area contributed by atoms with Gasteiger partial charge in [0.2, 0.25) is 0 Å². The van der Waals surface area contributed by atoms with Crippen LogP contribution in [0.1, 0.15) is 34.0 Å². The zero-order valence-electron chi connectivity index (χ0n) is 11.0. The molecule has 1 heteroatoms. The summed E-state index contributed by atoms with van der Waals surface area (Å²) in [5, 5.41) is 0. The highest BCUT2D eigenvalue weighted by Crippen LogP contribution is 2.30. The van der Waals surface area contributed by atoms with E-state index in [1.54, 1.807) is 0 Å². The Morgan fingerprint density at radius 3 is 2.58 bits per heavy atom. The second-order valence-corrected chi connectivity index (χ2v) is 5.09. The van der Waals surface area contributed by atoms with Crippen LogP contribution in [0.15, 0.2) is 48.5 Å². The Bertz CT molecular complexity index is 638. The van der Waals surface area contributed by atoms with Gasteiger partial charge in [-0.3, -0.25) is 4.79 Å². The molecule has 0 radical (unpaired) electrons. The highest BCUT2D eigenvalue weighted by atomic mass is 16.1. The number of carbonyl (C=O) groups excluding carboxylic acids is 1. The van der Waals surface area contributed by atoms with Crippen LogP contribution in [0, 0.1) is 5.92 Å². The molecule has 0 aromatic heterocycles. The third-order valence-electron chi connectivity index (χ3n) is 3.66. The van der Waals surface area contributed by atoms with Crippen LogP contribution in [0.5, 0.6) is 0 Å². The summed E-state index contributed by atoms with van der Waals surface area (Å²) >= 11 is 0. The van der Waals surface area contributed by atoms with Crippen LogP contribution < -0.4 is 0 Å². The predicted octanol–water partition coefficient (Wildman–Crippen LogP) is 4.23. The fraction of sp³-hybridized carbons (Fsp3) is 0.167. The van der Waals surface area contributed by atoms with Crippen LogP contribution in [-0.4, -0.2) is 5.78 Å². The fourth-order valence-electron chi connectivity index (χ4n) is 2.65. The van der Waals surface area contributed by atoms with Gasteiger partial charge in [0.05, 0.1) is 0 Å². The van der Waals surface area contributed by atoms with E-state index in [1.165, 1.54) is 5.56 Å². The van der Waals surface area contributed by atoms with Gasteiger partial charge in [-0.25, -0.2) is 0 Å². The maximum Gasteiger partial charge on any atom is 0.166 e. The number of hydrogen-bond donors (Lipinski definition) is 0. The van der Waals surface area contributed by atoms with Gasteiger partial charge >= 0.3 is 0 Å². The highest BCUT2D eigenvalue weighted by Gasteiger charge is 2.28. The third kappa shape index (κ3) is 2.24. The van der Waals surface area contributed by atoms with Gasteiger partial charge in [-0.15, -0.1) is 0 Å². The van der Waals surface area contributed by atoms with E-state index in [-0.39, 0.29) is 11.7 Å². The summed E-state index contributed by atoms with van der Waals surface area (Å²) < 4.78 is 0. The quantitative estimate of drug-likeness (QED) is 0.727. The molecule has 1 aliphatic rings. The monoisotopic (exact) mass is 248 g/mol. The van der Waals surface area contributed by atoms with E-state index in [9.17, 15) is 4.79 Å². The number of hydrogen-bond acceptors (Lipinski definition) is 1. The predicted molar refractivity (Wildman–Crippen MR) is 79.0 cm³/mol. The minimum Gasteiger partial charge on any atom is -0.294 e. The van der Waals surface area contributed by atoms with Gasteiger partial charge in [-0.05, 0) is 23.1 Å². The van der Waals surface area contributed by atoms with Crippen molar-refractivity contribution in [3.8, 4) is 0 Å². The minimum atomic E-state index is 0.126. The smallest absolute Gasteiger partial charge is 0.166 e. The summed E-state index contributed by atoms with van der Waals surface area (Å²) in [5.74, 6) is 0.407. The molecule has 0 heterocycles. The Morgan fingerprint density at radius 2 is 1.79 bits per heavy atom. The molecular weight excluding hydrogens is 232 g/mol. The van der Waals surface area contributed by atoms with Crippen LogP contribution in [0.2, 0.25) is 0 Å². The molecule has 0 aliphatic heterocycles. The van der Waals surface area contributed by atoms with E-state index in [0.717, 1.165) is 23.1 Å². The van der Waals surface area contributed by atoms with E-state index in [2.05, 4.69) is 24.3 Å². The van der Waals surface area contributed by atoms with Gasteiger partial charge in [0.25, 0.3) is 0 Å². The largest absolute Gasteiger partial charge is 0.294 e. The molecule has 3 rings (SSSR count). The average Bonchev–Trinajstić information content (AvgIpc) is 2.74. The van der Waals surface area contributed by atoms with Crippen molar-refractivity contribution in [2.75, 3.05) is 0 Å². The molecule has 0 bridgehead atoms. The molecule has 1 nitrogen and oxygen atoms in total. The van der Waals surface area contributed by atoms with Crippen LogP contribution in [0.3, 0.4) is 0 Å². The van der Waals surface area contributed by atoms with E-state index >= 15 is 0 Å². The molecular formula is C18H16O. The summed E-state index contributed by atoms with van der Waals surface area (Å²) in [6.45, 7) is 2.01. The molecule has 0 saturated heterocycles. The molecule has 0 amide bonds. The lowest BCUT2D eigenvalue weighted by Gasteiger charge is -2.02. The van der Waals surface area contributed by atoms with Crippen molar-refractivity contribution in [3.05, 3.63) is 70.8 Å². The molecule has 0 saturated carbocycles. The SMILES string of the molecule is CC1Cc2cccc(C=Cc3ccccc3)c2C1=O. The molecule has 0 N–H and O–H groups in total. The van der Waals surface area contributed by atoms with E-state index in [0.29, 0.717) is 0 Å². The van der Waals surface area contributed by atoms with Gasteiger partial charge in [-0.1, -0.05) is 67.6 Å². The molecule has 0 fully saturated rings.